The van der Waals surface area contributed by atoms with Crippen molar-refractivity contribution in [2.45, 2.75) is 5.92 Å². The Kier molecular flexibility index (Phi) is 4.66. The van der Waals surface area contributed by atoms with Gasteiger partial charge in [-0.3, -0.25) is 14.7 Å². The highest BCUT2D eigenvalue weighted by Crippen LogP contribution is 2.18. The Morgan fingerprint density at radius 2 is 2.33 bits per heavy atom. The fraction of sp³-hybridized carbons (Fsp3) is 0.538. The maximum atomic E-state index is 11.9. The highest BCUT2D eigenvalue weighted by Gasteiger charge is 2.25. The van der Waals surface area contributed by atoms with Crippen molar-refractivity contribution in [2.75, 3.05) is 40.0 Å². The van der Waals surface area contributed by atoms with Gasteiger partial charge >= 0.3 is 5.97 Å². The van der Waals surface area contributed by atoms with Crippen molar-refractivity contribution in [1.29, 1.82) is 0 Å². The van der Waals surface area contributed by atoms with E-state index < -0.39 is 0 Å². The predicted octanol–water partition coefficient (Wildman–Crippen LogP) is 0.670. The molecule has 0 N–H and O–H groups in total. The smallest absolute Gasteiger partial charge is 0.314 e. The highest BCUT2D eigenvalue weighted by molar-refractivity contribution is 5.78. The van der Waals surface area contributed by atoms with Gasteiger partial charge in [0.2, 0.25) is 0 Å². The zero-order valence-corrected chi connectivity index (χ0v) is 10.5. The molecular weight excluding hydrogens is 232 g/mol. The first-order valence-electron chi connectivity index (χ1n) is 6.09. The molecule has 2 rings (SSSR count). The summed E-state index contributed by atoms with van der Waals surface area (Å²) in [7, 11) is 1.42. The Morgan fingerprint density at radius 3 is 2.94 bits per heavy atom. The molecule has 0 aromatic carbocycles. The van der Waals surface area contributed by atoms with Crippen LogP contribution in [0.5, 0.6) is 0 Å². The van der Waals surface area contributed by atoms with E-state index in [2.05, 4.69) is 9.88 Å². The number of ether oxygens (including phenoxy) is 2. The van der Waals surface area contributed by atoms with Gasteiger partial charge in [-0.1, -0.05) is 6.07 Å². The molecular formula is C13H18N2O3. The van der Waals surface area contributed by atoms with Crippen LogP contribution < -0.4 is 0 Å². The summed E-state index contributed by atoms with van der Waals surface area (Å²) in [5, 5.41) is 0. The van der Waals surface area contributed by atoms with Gasteiger partial charge in [0, 0.05) is 32.0 Å². The number of carbonyl (C=O) groups is 1. The molecule has 0 bridgehead atoms. The molecule has 1 saturated heterocycles. The van der Waals surface area contributed by atoms with Crippen molar-refractivity contribution in [2.24, 2.45) is 0 Å². The maximum absolute atomic E-state index is 11.9. The highest BCUT2D eigenvalue weighted by atomic mass is 16.5. The summed E-state index contributed by atoms with van der Waals surface area (Å²) in [4.78, 5) is 18.2. The first-order chi connectivity index (χ1) is 8.81. The average molecular weight is 250 g/mol. The molecule has 5 heteroatoms. The van der Waals surface area contributed by atoms with E-state index in [1.54, 1.807) is 12.4 Å². The van der Waals surface area contributed by atoms with Gasteiger partial charge in [-0.2, -0.15) is 0 Å². The van der Waals surface area contributed by atoms with Crippen LogP contribution in [0.25, 0.3) is 0 Å². The molecule has 0 amide bonds. The van der Waals surface area contributed by atoms with Crippen LogP contribution in [0, 0.1) is 0 Å². The summed E-state index contributed by atoms with van der Waals surface area (Å²) in [6.07, 6.45) is 3.43. The summed E-state index contributed by atoms with van der Waals surface area (Å²) in [5.74, 6) is -0.490. The molecule has 1 fully saturated rings. The lowest BCUT2D eigenvalue weighted by Gasteiger charge is -2.29. The summed E-state index contributed by atoms with van der Waals surface area (Å²) >= 11 is 0. The van der Waals surface area contributed by atoms with Crippen molar-refractivity contribution < 1.29 is 14.3 Å². The van der Waals surface area contributed by atoms with Crippen LogP contribution in [0.4, 0.5) is 0 Å². The number of hydrogen-bond acceptors (Lipinski definition) is 5. The van der Waals surface area contributed by atoms with Gasteiger partial charge in [0.05, 0.1) is 26.2 Å². The van der Waals surface area contributed by atoms with E-state index >= 15 is 0 Å². The van der Waals surface area contributed by atoms with E-state index in [-0.39, 0.29) is 11.9 Å². The number of rotatable bonds is 4. The molecule has 2 heterocycles. The molecule has 1 aromatic rings. The third-order valence-corrected chi connectivity index (χ3v) is 3.12. The lowest BCUT2D eigenvalue weighted by molar-refractivity contribution is -0.143. The molecule has 0 spiro atoms. The lowest BCUT2D eigenvalue weighted by atomic mass is 10.0. The Labute approximate surface area is 107 Å². The summed E-state index contributed by atoms with van der Waals surface area (Å²) in [6, 6.07) is 3.75. The number of morpholine rings is 1. The Bertz CT molecular complexity index is 377. The Hall–Kier alpha value is -1.46. The van der Waals surface area contributed by atoms with Gasteiger partial charge in [-0.05, 0) is 11.6 Å². The fourth-order valence-electron chi connectivity index (χ4n) is 2.08. The molecule has 0 saturated carbocycles. The van der Waals surface area contributed by atoms with Crippen LogP contribution in [0.3, 0.4) is 0 Å². The third-order valence-electron chi connectivity index (χ3n) is 3.12. The van der Waals surface area contributed by atoms with Crippen LogP contribution in [0.15, 0.2) is 24.5 Å². The number of carbonyl (C=O) groups excluding carboxylic acids is 1. The number of hydrogen-bond donors (Lipinski definition) is 0. The van der Waals surface area contributed by atoms with E-state index in [1.807, 2.05) is 12.1 Å². The third kappa shape index (κ3) is 3.27. The van der Waals surface area contributed by atoms with E-state index in [1.165, 1.54) is 7.11 Å². The molecule has 1 aliphatic rings. The van der Waals surface area contributed by atoms with E-state index in [0.717, 1.165) is 31.9 Å². The standard InChI is InChI=1S/C13H18N2O3/c1-17-13(16)12(11-3-2-4-14-9-11)10-15-5-7-18-8-6-15/h2-4,9,12H,5-8,10H2,1H3. The molecule has 98 valence electrons. The second-order valence-electron chi connectivity index (χ2n) is 4.28. The number of pyridine rings is 1. The zero-order valence-electron chi connectivity index (χ0n) is 10.5. The molecule has 0 radical (unpaired) electrons. The van der Waals surface area contributed by atoms with E-state index in [9.17, 15) is 4.79 Å². The van der Waals surface area contributed by atoms with Crippen LogP contribution in [0.2, 0.25) is 0 Å². The van der Waals surface area contributed by atoms with Crippen LogP contribution in [-0.4, -0.2) is 55.8 Å². The number of aromatic nitrogens is 1. The number of esters is 1. The molecule has 5 nitrogen and oxygen atoms in total. The van der Waals surface area contributed by atoms with Gasteiger partial charge in [-0.15, -0.1) is 0 Å². The van der Waals surface area contributed by atoms with Gasteiger partial charge in [0.25, 0.3) is 0 Å². The first-order valence-corrected chi connectivity index (χ1v) is 6.09. The van der Waals surface area contributed by atoms with Crippen molar-refractivity contribution >= 4 is 5.97 Å². The minimum Gasteiger partial charge on any atom is -0.469 e. The molecule has 1 atom stereocenters. The van der Waals surface area contributed by atoms with Gasteiger partial charge < -0.3 is 9.47 Å². The topological polar surface area (TPSA) is 51.7 Å². The van der Waals surface area contributed by atoms with E-state index in [0.29, 0.717) is 6.54 Å². The minimum absolute atomic E-state index is 0.213. The van der Waals surface area contributed by atoms with Crippen LogP contribution >= 0.6 is 0 Å². The summed E-state index contributed by atoms with van der Waals surface area (Å²) in [6.45, 7) is 3.81. The first kappa shape index (κ1) is 13.0. The molecule has 1 aromatic heterocycles. The Balaban J connectivity index is 2.07. The van der Waals surface area contributed by atoms with Crippen molar-refractivity contribution in [3.8, 4) is 0 Å². The second kappa shape index (κ2) is 6.47. The van der Waals surface area contributed by atoms with Crippen LogP contribution in [-0.2, 0) is 14.3 Å². The van der Waals surface area contributed by atoms with Crippen molar-refractivity contribution in [3.63, 3.8) is 0 Å². The Morgan fingerprint density at radius 1 is 1.56 bits per heavy atom. The number of methoxy groups -OCH3 is 1. The predicted molar refractivity (Wildman–Crippen MR) is 66.3 cm³/mol. The monoisotopic (exact) mass is 250 g/mol. The molecule has 18 heavy (non-hydrogen) atoms. The summed E-state index contributed by atoms with van der Waals surface area (Å²) < 4.78 is 10.2. The SMILES string of the molecule is COC(=O)C(CN1CCOCC1)c1cccnc1. The van der Waals surface area contributed by atoms with Crippen LogP contribution in [0.1, 0.15) is 11.5 Å². The maximum Gasteiger partial charge on any atom is 0.314 e. The quantitative estimate of drug-likeness (QED) is 0.735. The largest absolute Gasteiger partial charge is 0.469 e. The summed E-state index contributed by atoms with van der Waals surface area (Å²) in [5.41, 5.74) is 0.899. The van der Waals surface area contributed by atoms with Gasteiger partial charge in [0.1, 0.15) is 0 Å². The fourth-order valence-corrected chi connectivity index (χ4v) is 2.08. The lowest BCUT2D eigenvalue weighted by Crippen LogP contribution is -2.40. The van der Waals surface area contributed by atoms with Gasteiger partial charge in [-0.25, -0.2) is 0 Å². The minimum atomic E-state index is -0.276. The van der Waals surface area contributed by atoms with E-state index in [4.69, 9.17) is 9.47 Å². The van der Waals surface area contributed by atoms with Gasteiger partial charge in [0.15, 0.2) is 0 Å². The van der Waals surface area contributed by atoms with Crippen molar-refractivity contribution in [3.05, 3.63) is 30.1 Å². The number of nitrogens with zero attached hydrogens (tertiary/aromatic N) is 2. The second-order valence-corrected chi connectivity index (χ2v) is 4.28. The van der Waals surface area contributed by atoms with Crippen molar-refractivity contribution in [1.82, 2.24) is 9.88 Å². The molecule has 1 unspecified atom stereocenters. The molecule has 0 aliphatic carbocycles. The average Bonchev–Trinajstić information content (AvgIpc) is 2.46. The molecule has 1 aliphatic heterocycles. The normalized spacial score (nSPS) is 18.3. The zero-order chi connectivity index (χ0) is 12.8.